The molecular weight excluding hydrogens is 552 g/mol. The van der Waals surface area contributed by atoms with Gasteiger partial charge in [0.05, 0.1) is 35.4 Å². The summed E-state index contributed by atoms with van der Waals surface area (Å²) in [6.45, 7) is 3.38. The molecule has 4 aliphatic carbocycles. The fourth-order valence-corrected chi connectivity index (χ4v) is 6.58. The molecule has 1 saturated carbocycles. The third-order valence-corrected chi connectivity index (χ3v) is 8.91. The second-order valence-corrected chi connectivity index (χ2v) is 11.7. The molecule has 14 heteroatoms. The maximum Gasteiger partial charge on any atom is 0.255 e. The predicted molar refractivity (Wildman–Crippen MR) is 145 cm³/mol. The zero-order valence-electron chi connectivity index (χ0n) is 23.4. The average Bonchev–Trinajstić information content (AvgIpc) is 3.61. The van der Waals surface area contributed by atoms with Crippen LogP contribution in [0.5, 0.6) is 5.75 Å². The number of hydroxylamine groups is 1. The number of phenols is 1. The predicted octanol–water partition coefficient (Wildman–Crippen LogP) is -0.479. The van der Waals surface area contributed by atoms with E-state index in [1.54, 1.807) is 6.92 Å². The standard InChI is InChI=1S/C28H34N4O10/c1-9-7-13(9)42-30-8-14(33)31-12-6-5-11-10(2)15-17(22(35)16(11)21(12)34)25(38)28(41)19(23(15)36)20(32(3)4)24(37)18(26(28)39)27(29)40/h5-6,9-10,13,15,19-20,23,30,34,36-38,41H,7-8H2,1-4H3,(H2,29,40)(H,31,33)/t9?,10?,13?,15?,19?,20-,23?,28?/m0/s1. The molecule has 0 aliphatic heterocycles. The molecule has 1 aromatic rings. The Morgan fingerprint density at radius 2 is 1.81 bits per heavy atom. The molecule has 0 spiro atoms. The van der Waals surface area contributed by atoms with Crippen molar-refractivity contribution in [1.82, 2.24) is 10.4 Å². The molecule has 7 unspecified atom stereocenters. The van der Waals surface area contributed by atoms with Crippen LogP contribution in [0.25, 0.3) is 0 Å². The van der Waals surface area contributed by atoms with Crippen molar-refractivity contribution in [3.8, 4) is 5.75 Å². The summed E-state index contributed by atoms with van der Waals surface area (Å²) in [4.78, 5) is 58.6. The number of likely N-dealkylation sites (N-methyl/N-ethyl adjacent to an activating group) is 1. The fourth-order valence-electron chi connectivity index (χ4n) is 6.58. The minimum atomic E-state index is -3.00. The van der Waals surface area contributed by atoms with Gasteiger partial charge >= 0.3 is 0 Å². The highest BCUT2D eigenvalue weighted by molar-refractivity contribution is 6.25. The Morgan fingerprint density at radius 1 is 1.17 bits per heavy atom. The van der Waals surface area contributed by atoms with Crippen LogP contribution in [0.15, 0.2) is 34.8 Å². The van der Waals surface area contributed by atoms with E-state index in [0.717, 1.165) is 6.42 Å². The van der Waals surface area contributed by atoms with E-state index in [1.165, 1.54) is 31.1 Å². The third kappa shape index (κ3) is 4.21. The molecule has 1 aromatic carbocycles. The first-order chi connectivity index (χ1) is 19.6. The summed E-state index contributed by atoms with van der Waals surface area (Å²) in [7, 11) is 2.93. The van der Waals surface area contributed by atoms with Gasteiger partial charge in [-0.25, -0.2) is 0 Å². The topological polar surface area (TPSA) is 232 Å². The van der Waals surface area contributed by atoms with Crippen molar-refractivity contribution in [3.05, 3.63) is 45.9 Å². The Balaban J connectivity index is 1.56. The largest absolute Gasteiger partial charge is 0.510 e. The number of nitrogens with two attached hydrogens (primary N) is 1. The number of anilines is 1. The molecule has 226 valence electrons. The van der Waals surface area contributed by atoms with Gasteiger partial charge in [-0.1, -0.05) is 19.9 Å². The van der Waals surface area contributed by atoms with Gasteiger partial charge in [-0.2, -0.15) is 5.48 Å². The van der Waals surface area contributed by atoms with E-state index in [-0.39, 0.29) is 29.5 Å². The highest BCUT2D eigenvalue weighted by Crippen LogP contribution is 2.56. The number of nitrogens with zero attached hydrogens (tertiary/aromatic N) is 1. The number of hydrogen-bond acceptors (Lipinski definition) is 12. The van der Waals surface area contributed by atoms with Gasteiger partial charge in [0, 0.05) is 11.5 Å². The summed E-state index contributed by atoms with van der Waals surface area (Å²) in [5, 5.41) is 59.3. The van der Waals surface area contributed by atoms with Crippen LogP contribution in [0.3, 0.4) is 0 Å². The first-order valence-corrected chi connectivity index (χ1v) is 13.5. The molecule has 42 heavy (non-hydrogen) atoms. The van der Waals surface area contributed by atoms with Gasteiger partial charge in [-0.3, -0.25) is 28.9 Å². The number of ketones is 2. The normalized spacial score (nSPS) is 33.7. The molecule has 14 nitrogen and oxygen atoms in total. The van der Waals surface area contributed by atoms with E-state index in [2.05, 4.69) is 10.8 Å². The van der Waals surface area contributed by atoms with Crippen LogP contribution in [0.4, 0.5) is 5.69 Å². The number of benzene rings is 1. The zero-order valence-corrected chi connectivity index (χ0v) is 23.4. The number of rotatable bonds is 7. The summed E-state index contributed by atoms with van der Waals surface area (Å²) < 4.78 is 0. The molecule has 2 amide bonds. The molecule has 5 rings (SSSR count). The zero-order chi connectivity index (χ0) is 31.0. The number of hydrogen-bond donors (Lipinski definition) is 8. The Bertz CT molecular complexity index is 1470. The Kier molecular flexibility index (Phi) is 7.18. The molecule has 0 heterocycles. The number of carbonyl (C=O) groups is 4. The number of aliphatic hydroxyl groups is 4. The molecule has 1 fully saturated rings. The Hall–Kier alpha value is -3.82. The number of carbonyl (C=O) groups excluding carboxylic acids is 4. The number of aliphatic hydroxyl groups excluding tert-OH is 3. The van der Waals surface area contributed by atoms with Crippen molar-refractivity contribution in [1.29, 1.82) is 0 Å². The van der Waals surface area contributed by atoms with Crippen LogP contribution in [-0.2, 0) is 19.2 Å². The SMILES string of the molecule is CC1CC1ONCC(=O)Nc1ccc2c(c1O)C(=O)C1=C(O)C3(O)C(=O)C(C(N)=O)=C(O)[C@@H](N(C)C)C3C(O)C1C2C. The number of amides is 2. The highest BCUT2D eigenvalue weighted by Gasteiger charge is 2.67. The van der Waals surface area contributed by atoms with Crippen LogP contribution >= 0.6 is 0 Å². The van der Waals surface area contributed by atoms with Crippen LogP contribution in [-0.4, -0.2) is 98.3 Å². The van der Waals surface area contributed by atoms with Crippen molar-refractivity contribution in [3.63, 3.8) is 0 Å². The quantitative estimate of drug-likeness (QED) is 0.115. The smallest absolute Gasteiger partial charge is 0.255 e. The van der Waals surface area contributed by atoms with Crippen molar-refractivity contribution < 1.29 is 49.5 Å². The van der Waals surface area contributed by atoms with E-state index in [4.69, 9.17) is 10.6 Å². The van der Waals surface area contributed by atoms with E-state index in [1.807, 2.05) is 6.92 Å². The van der Waals surface area contributed by atoms with Gasteiger partial charge in [-0.15, -0.1) is 0 Å². The monoisotopic (exact) mass is 586 g/mol. The highest BCUT2D eigenvalue weighted by atomic mass is 16.7. The Labute approximate surface area is 240 Å². The lowest BCUT2D eigenvalue weighted by atomic mass is 9.55. The molecule has 4 aliphatic rings. The number of aromatic hydroxyl groups is 1. The molecular formula is C28H34N4O10. The second-order valence-electron chi connectivity index (χ2n) is 11.7. The summed E-state index contributed by atoms with van der Waals surface area (Å²) in [5.41, 5.74) is 3.25. The summed E-state index contributed by atoms with van der Waals surface area (Å²) in [6, 6.07) is 1.53. The lowest BCUT2D eigenvalue weighted by Crippen LogP contribution is -2.68. The molecule has 0 saturated heterocycles. The lowest BCUT2D eigenvalue weighted by Gasteiger charge is -2.53. The second kappa shape index (κ2) is 10.2. The van der Waals surface area contributed by atoms with Gasteiger partial charge in [0.25, 0.3) is 5.91 Å². The van der Waals surface area contributed by atoms with E-state index in [9.17, 15) is 44.7 Å². The number of fused-ring (bicyclic) bond motifs is 3. The van der Waals surface area contributed by atoms with Gasteiger partial charge < -0.3 is 36.6 Å². The van der Waals surface area contributed by atoms with Crippen molar-refractivity contribution in [2.75, 3.05) is 26.0 Å². The van der Waals surface area contributed by atoms with Crippen LogP contribution in [0.2, 0.25) is 0 Å². The summed E-state index contributed by atoms with van der Waals surface area (Å²) >= 11 is 0. The molecule has 0 radical (unpaired) electrons. The van der Waals surface area contributed by atoms with Crippen molar-refractivity contribution in [2.24, 2.45) is 23.5 Å². The summed E-state index contributed by atoms with van der Waals surface area (Å²) in [6.07, 6.45) is -0.800. The molecule has 0 bridgehead atoms. The lowest BCUT2D eigenvalue weighted by molar-refractivity contribution is -0.162. The first kappa shape index (κ1) is 29.7. The maximum absolute atomic E-state index is 13.9. The Morgan fingerprint density at radius 3 is 2.38 bits per heavy atom. The van der Waals surface area contributed by atoms with Crippen LogP contribution in [0.1, 0.15) is 42.1 Å². The number of primary amides is 1. The van der Waals surface area contributed by atoms with Crippen molar-refractivity contribution >= 4 is 29.1 Å². The molecule has 0 aromatic heterocycles. The van der Waals surface area contributed by atoms with Crippen molar-refractivity contribution in [2.45, 2.75) is 50.0 Å². The number of phenolic OH excluding ortho intramolecular Hbond substituents is 1. The van der Waals surface area contributed by atoms with Crippen LogP contribution < -0.4 is 16.5 Å². The van der Waals surface area contributed by atoms with Gasteiger partial charge in [0.15, 0.2) is 17.1 Å². The number of Topliss-reactive ketones (excluding diaryl/α,β-unsaturated/α-hetero) is 2. The average molecular weight is 587 g/mol. The maximum atomic E-state index is 13.9. The van der Waals surface area contributed by atoms with Gasteiger partial charge in [-0.05, 0) is 44.0 Å². The van der Waals surface area contributed by atoms with E-state index >= 15 is 0 Å². The van der Waals surface area contributed by atoms with E-state index in [0.29, 0.717) is 5.92 Å². The number of nitrogens with one attached hydrogen (secondary N) is 2. The first-order valence-electron chi connectivity index (χ1n) is 13.5. The third-order valence-electron chi connectivity index (χ3n) is 8.91. The van der Waals surface area contributed by atoms with Gasteiger partial charge in [0.1, 0.15) is 23.6 Å². The summed E-state index contributed by atoms with van der Waals surface area (Å²) in [5.74, 6) is -10.1. The fraction of sp³-hybridized carbons (Fsp3) is 0.500. The van der Waals surface area contributed by atoms with Gasteiger partial charge in [0.2, 0.25) is 11.7 Å². The van der Waals surface area contributed by atoms with Crippen LogP contribution in [0, 0.1) is 17.8 Å². The molecule has 9 N–H and O–H groups in total. The minimum absolute atomic E-state index is 0.0192. The van der Waals surface area contributed by atoms with E-state index < -0.39 is 87.3 Å². The minimum Gasteiger partial charge on any atom is -0.510 e. The molecule has 8 atom stereocenters.